The highest BCUT2D eigenvalue weighted by atomic mass is 32.1. The van der Waals surface area contributed by atoms with Crippen LogP contribution >= 0.6 is 11.7 Å². The highest BCUT2D eigenvalue weighted by molar-refractivity contribution is 7.00. The minimum atomic E-state index is -1.13. The summed E-state index contributed by atoms with van der Waals surface area (Å²) in [5, 5.41) is 51.7. The van der Waals surface area contributed by atoms with E-state index in [4.69, 9.17) is 20.9 Å². The Kier molecular flexibility index (Phi) is 22.7. The van der Waals surface area contributed by atoms with Gasteiger partial charge in [-0.05, 0) is 180 Å². The van der Waals surface area contributed by atoms with E-state index in [-0.39, 0.29) is 76.5 Å². The summed E-state index contributed by atoms with van der Waals surface area (Å²) in [6, 6.07) is 25.4. The third-order valence-corrected chi connectivity index (χ3v) is 19.0. The number of ether oxygens (including phenoxy) is 2. The molecule has 35 heteroatoms. The molecule has 4 heterocycles. The number of aryl methyl sites for hydroxylation is 3. The van der Waals surface area contributed by atoms with Crippen LogP contribution in [0.3, 0.4) is 0 Å². The van der Waals surface area contributed by atoms with Crippen LogP contribution in [0.25, 0.3) is 28.1 Å². The Morgan fingerprint density at radius 3 is 1.33 bits per heavy atom. The zero-order valence-electron chi connectivity index (χ0n) is 57.0. The number of methoxy groups -OCH3 is 1. The van der Waals surface area contributed by atoms with E-state index in [9.17, 15) is 62.9 Å². The molecule has 0 atom stereocenters. The van der Waals surface area contributed by atoms with Crippen LogP contribution in [0.15, 0.2) is 124 Å². The minimum Gasteiger partial charge on any atom is -0.489 e. The molecule has 0 unspecified atom stereocenters. The average molecular weight is 1440 g/mol. The van der Waals surface area contributed by atoms with Crippen molar-refractivity contribution in [3.8, 4) is 22.8 Å². The Morgan fingerprint density at radius 2 is 0.894 bits per heavy atom. The number of nitrogen functional groups attached to an aromatic ring is 2. The van der Waals surface area contributed by atoms with E-state index in [1.807, 2.05) is 0 Å². The van der Waals surface area contributed by atoms with Gasteiger partial charge in [-0.3, -0.25) is 14.7 Å². The molecule has 10 aromatic rings. The molecule has 0 spiro atoms. The number of hydrogen-bond acceptors (Lipinski definition) is 22. The predicted octanol–water partition coefficient (Wildman–Crippen LogP) is 9.06. The van der Waals surface area contributed by atoms with Crippen molar-refractivity contribution < 1.29 is 58.0 Å². The van der Waals surface area contributed by atoms with Crippen molar-refractivity contribution in [3.05, 3.63) is 180 Å². The Labute approximate surface area is 595 Å². The lowest BCUT2D eigenvalue weighted by Crippen LogP contribution is -2.47. The Hall–Kier alpha value is -12.1. The van der Waals surface area contributed by atoms with Gasteiger partial charge in [-0.2, -0.15) is 22.8 Å². The molecule has 542 valence electrons. The maximum absolute atomic E-state index is 14.8. The maximum atomic E-state index is 14.8. The first-order chi connectivity index (χ1) is 50.1. The second kappa shape index (κ2) is 32.2. The van der Waals surface area contributed by atoms with Crippen LogP contribution < -0.4 is 48.0 Å². The first-order valence-corrected chi connectivity index (χ1v) is 34.3. The van der Waals surface area contributed by atoms with Gasteiger partial charge >= 0.3 is 53.1 Å². The lowest BCUT2D eigenvalue weighted by molar-refractivity contribution is 0.0685. The van der Waals surface area contributed by atoms with E-state index < -0.39 is 58.9 Å². The molecular weight excluding hydrogens is 1370 g/mol. The van der Waals surface area contributed by atoms with Crippen LogP contribution in [-0.2, 0) is 4.74 Å². The van der Waals surface area contributed by atoms with E-state index in [2.05, 4.69) is 40.0 Å². The molecule has 0 aliphatic heterocycles. The summed E-state index contributed by atoms with van der Waals surface area (Å²) in [5.41, 5.74) is 14.2. The Balaban J connectivity index is 0.000000156. The lowest BCUT2D eigenvalue weighted by atomic mass is 9.93. The second-order valence-electron chi connectivity index (χ2n) is 25.1. The molecule has 3 amide bonds. The monoisotopic (exact) mass is 1440 g/mol. The number of carboxylic acids is 3. The number of hydrogen-bond donors (Lipinski definition) is 5. The van der Waals surface area contributed by atoms with E-state index in [0.717, 1.165) is 111 Å². The average Bonchev–Trinajstić information content (AvgIpc) is 1.59. The van der Waals surface area contributed by atoms with Gasteiger partial charge in [0.05, 0.1) is 52.1 Å². The molecular formula is C69H74FN19O14S. The molecule has 33 nitrogen and oxygen atoms in total. The maximum Gasteiger partial charge on any atom is 0.377 e. The zero-order chi connectivity index (χ0) is 74.0. The standard InChI is InChI=1S/C25H28FN5O6.C22H21N7O4S.C22H25N7O4/c1-16-11-12-18(15-19(16)23(32)33)29(17-7-4-3-5-8-17)24(34)31-25(35)30(27-28-31)22-20(26)9-6-10-21(22)37-14-13-36-2;1-13-10-11-15(12-16(13)20(30)31)27(14-6-3-2-4-7-14)21(32)29-22(33)28(25-26-29)18-9-5-8-17-19(18)24-34-23-17;1-13-10-11-15(12-16(13)20(30)31)27(14-6-3-2-4-7-14)21(32)29-22(33)28(25-26-29)18-9-5-8-17(23)19(18)24/h6,9-12,15,17H,3-5,7-8,13-14H2,1-2H3,(H,32,33);5,8-12,14H,2-4,6-7H2,1H3,(H,30,31);5,8-12,14H,2-4,6-7,23-24H2,1H3,(H,30,31). The first kappa shape index (κ1) is 73.1. The van der Waals surface area contributed by atoms with E-state index in [1.54, 1.807) is 93.6 Å². The summed E-state index contributed by atoms with van der Waals surface area (Å²) in [6.45, 7) is 5.39. The van der Waals surface area contributed by atoms with Crippen molar-refractivity contribution in [2.45, 2.75) is 135 Å². The van der Waals surface area contributed by atoms with E-state index in [0.29, 0.717) is 82.0 Å². The van der Waals surface area contributed by atoms with E-state index >= 15 is 0 Å². The number of aromatic nitrogens is 14. The molecule has 0 bridgehead atoms. The van der Waals surface area contributed by atoms with Gasteiger partial charge in [-0.15, -0.1) is 14.0 Å². The van der Waals surface area contributed by atoms with Gasteiger partial charge in [0.1, 0.15) is 34.8 Å². The summed E-state index contributed by atoms with van der Waals surface area (Å²) in [5.74, 6) is -4.05. The molecule has 3 aliphatic carbocycles. The smallest absolute Gasteiger partial charge is 0.377 e. The first-order valence-electron chi connectivity index (χ1n) is 33.5. The molecule has 13 rings (SSSR count). The number of carbonyl (C=O) groups is 6. The zero-order valence-corrected chi connectivity index (χ0v) is 57.8. The summed E-state index contributed by atoms with van der Waals surface area (Å²) < 4.78 is 38.2. The molecule has 3 aliphatic rings. The van der Waals surface area contributed by atoms with Gasteiger partial charge in [-0.25, -0.2) is 47.5 Å². The normalized spacial score (nSPS) is 14.2. The highest BCUT2D eigenvalue weighted by Gasteiger charge is 2.36. The van der Waals surface area contributed by atoms with Gasteiger partial charge in [0.15, 0.2) is 5.82 Å². The van der Waals surface area contributed by atoms with Crippen molar-refractivity contribution in [2.24, 2.45) is 0 Å². The van der Waals surface area contributed by atoms with Crippen molar-refractivity contribution >= 4 is 87.2 Å². The Morgan fingerprint density at radius 1 is 0.500 bits per heavy atom. The third-order valence-electron chi connectivity index (χ3n) is 18.5. The minimum absolute atomic E-state index is 0.0346. The molecule has 7 N–H and O–H groups in total. The van der Waals surface area contributed by atoms with Gasteiger partial charge in [0.25, 0.3) is 0 Å². The van der Waals surface area contributed by atoms with Crippen molar-refractivity contribution in [1.29, 1.82) is 0 Å². The number of para-hydroxylation sites is 2. The number of carbonyl (C=O) groups excluding carboxylic acids is 3. The third kappa shape index (κ3) is 15.4. The van der Waals surface area contributed by atoms with Crippen LogP contribution in [0.4, 0.5) is 47.2 Å². The fraction of sp³-hybridized carbons (Fsp3) is 0.348. The largest absolute Gasteiger partial charge is 0.489 e. The number of carboxylic acid groups (broad SMARTS) is 3. The molecule has 3 saturated carbocycles. The number of benzene rings is 6. The fourth-order valence-corrected chi connectivity index (χ4v) is 13.6. The number of amides is 3. The number of halogens is 1. The van der Waals surface area contributed by atoms with E-state index in [1.165, 1.54) is 52.1 Å². The summed E-state index contributed by atoms with van der Waals surface area (Å²) in [6.07, 6.45) is 12.9. The number of nitrogens with two attached hydrogens (primary N) is 2. The van der Waals surface area contributed by atoms with Crippen LogP contribution in [0, 0.1) is 26.6 Å². The molecule has 3 fully saturated rings. The Bertz CT molecular complexity index is 5060. The number of nitrogens with zero attached hydrogens (tertiary/aromatic N) is 17. The summed E-state index contributed by atoms with van der Waals surface area (Å²) >= 11 is 1.01. The fourth-order valence-electron chi connectivity index (χ4n) is 13.0. The van der Waals surface area contributed by atoms with Gasteiger partial charge in [0.2, 0.25) is 0 Å². The summed E-state index contributed by atoms with van der Waals surface area (Å²) in [4.78, 5) is 120. The highest BCUT2D eigenvalue weighted by Crippen LogP contribution is 2.34. The van der Waals surface area contributed by atoms with Crippen LogP contribution in [-0.4, -0.2) is 158 Å². The quantitative estimate of drug-likeness (QED) is 0.0342. The number of fused-ring (bicyclic) bond motifs is 1. The summed E-state index contributed by atoms with van der Waals surface area (Å²) in [7, 11) is 1.49. The number of aromatic carboxylic acids is 3. The van der Waals surface area contributed by atoms with Crippen molar-refractivity contribution in [3.63, 3.8) is 0 Å². The van der Waals surface area contributed by atoms with Crippen molar-refractivity contribution in [1.82, 2.24) is 68.1 Å². The van der Waals surface area contributed by atoms with Gasteiger partial charge in [0, 0.05) is 42.3 Å². The number of anilines is 5. The molecule has 0 radical (unpaired) electrons. The van der Waals surface area contributed by atoms with Crippen LogP contribution in [0.5, 0.6) is 5.75 Å². The number of rotatable bonds is 16. The number of tetrazole rings is 3. The molecule has 6 aromatic carbocycles. The van der Waals surface area contributed by atoms with Crippen molar-refractivity contribution in [2.75, 3.05) is 46.5 Å². The second-order valence-corrected chi connectivity index (χ2v) is 25.6. The van der Waals surface area contributed by atoms with Crippen LogP contribution in [0.1, 0.15) is 144 Å². The predicted molar refractivity (Wildman–Crippen MR) is 379 cm³/mol. The SMILES string of the molecule is COCCOc1cccc(F)c1-n1nnn(C(=O)N(c2ccc(C)c(C(=O)O)c2)C2CCCCC2)c1=O.Cc1ccc(N(C(=O)n2nnn(-c3cccc(N)c3N)c2=O)C2CCCCC2)cc1C(=O)O.Cc1ccc(N(C(=O)n2nnn(-c3cccc4nsnc34)c2=O)C2CCCCC2)cc1C(=O)O. The topological polar surface area (TPSA) is 427 Å². The molecule has 0 saturated heterocycles. The van der Waals surface area contributed by atoms with Crippen LogP contribution in [0.2, 0.25) is 0 Å². The molecule has 104 heavy (non-hydrogen) atoms. The van der Waals surface area contributed by atoms with Gasteiger partial charge in [-0.1, -0.05) is 94.2 Å². The molecule has 4 aromatic heterocycles. The lowest BCUT2D eigenvalue weighted by Gasteiger charge is -2.33. The van der Waals surface area contributed by atoms with Gasteiger partial charge < -0.3 is 36.3 Å².